The molecule has 0 radical (unpaired) electrons. The first-order chi connectivity index (χ1) is 8.23. The van der Waals surface area contributed by atoms with E-state index in [1.807, 2.05) is 0 Å². The van der Waals surface area contributed by atoms with E-state index in [0.29, 0.717) is 6.04 Å². The fourth-order valence-corrected chi connectivity index (χ4v) is 3.39. The lowest BCUT2D eigenvalue weighted by Gasteiger charge is -2.32. The molecule has 2 aliphatic rings. The zero-order valence-corrected chi connectivity index (χ0v) is 10.7. The summed E-state index contributed by atoms with van der Waals surface area (Å²) in [7, 11) is 0. The molecule has 2 aliphatic carbocycles. The molecule has 2 rings (SSSR count). The number of rotatable bonds is 3. The minimum Gasteiger partial charge on any atom is -0.480 e. The number of carboxylic acids is 1. The van der Waals surface area contributed by atoms with E-state index in [4.69, 9.17) is 0 Å². The van der Waals surface area contributed by atoms with Crippen LogP contribution in [0.2, 0.25) is 0 Å². The lowest BCUT2D eigenvalue weighted by atomic mass is 9.91. The highest BCUT2D eigenvalue weighted by molar-refractivity contribution is 5.79. The molecule has 0 saturated heterocycles. The minimum absolute atomic E-state index is 0.435. The summed E-state index contributed by atoms with van der Waals surface area (Å²) in [4.78, 5) is 11.5. The van der Waals surface area contributed by atoms with Crippen LogP contribution in [-0.4, -0.2) is 22.7 Å². The molecule has 0 unspecified atom stereocenters. The molecule has 0 atom stereocenters. The molecule has 0 spiro atoms. The predicted molar refractivity (Wildman–Crippen MR) is 68.1 cm³/mol. The Hall–Kier alpha value is -0.570. The second-order valence-electron chi connectivity index (χ2n) is 5.78. The van der Waals surface area contributed by atoms with Crippen molar-refractivity contribution < 1.29 is 9.90 Å². The topological polar surface area (TPSA) is 49.3 Å². The molecule has 2 saturated carbocycles. The van der Waals surface area contributed by atoms with Gasteiger partial charge in [0.05, 0.1) is 0 Å². The highest BCUT2D eigenvalue weighted by Gasteiger charge is 2.42. The molecule has 2 fully saturated rings. The Balaban J connectivity index is 1.94. The van der Waals surface area contributed by atoms with Crippen LogP contribution in [0.4, 0.5) is 0 Å². The first-order valence-corrected chi connectivity index (χ1v) is 7.24. The van der Waals surface area contributed by atoms with Gasteiger partial charge in [-0.05, 0) is 25.7 Å². The maximum absolute atomic E-state index is 11.5. The SMILES string of the molecule is O=C(O)C1(NC2CCCCCCC2)CCCC1. The number of hydrogen-bond acceptors (Lipinski definition) is 2. The van der Waals surface area contributed by atoms with Crippen LogP contribution in [0.3, 0.4) is 0 Å². The van der Waals surface area contributed by atoms with Gasteiger partial charge in [-0.15, -0.1) is 0 Å². The van der Waals surface area contributed by atoms with Gasteiger partial charge in [-0.3, -0.25) is 10.1 Å². The van der Waals surface area contributed by atoms with Crippen molar-refractivity contribution in [3.8, 4) is 0 Å². The van der Waals surface area contributed by atoms with E-state index >= 15 is 0 Å². The van der Waals surface area contributed by atoms with E-state index in [2.05, 4.69) is 5.32 Å². The summed E-state index contributed by atoms with van der Waals surface area (Å²) in [5.41, 5.74) is -0.593. The van der Waals surface area contributed by atoms with Crippen molar-refractivity contribution >= 4 is 5.97 Å². The molecular formula is C14H25NO2. The summed E-state index contributed by atoms with van der Waals surface area (Å²) in [6.45, 7) is 0. The second-order valence-corrected chi connectivity index (χ2v) is 5.78. The average Bonchev–Trinajstić information content (AvgIpc) is 2.71. The predicted octanol–water partition coefficient (Wildman–Crippen LogP) is 3.09. The number of hydrogen-bond donors (Lipinski definition) is 2. The van der Waals surface area contributed by atoms with Gasteiger partial charge in [-0.25, -0.2) is 0 Å². The van der Waals surface area contributed by atoms with Crippen molar-refractivity contribution in [3.63, 3.8) is 0 Å². The zero-order valence-electron chi connectivity index (χ0n) is 10.7. The van der Waals surface area contributed by atoms with E-state index in [1.54, 1.807) is 0 Å². The van der Waals surface area contributed by atoms with E-state index in [1.165, 1.54) is 32.1 Å². The van der Waals surface area contributed by atoms with Gasteiger partial charge in [0.25, 0.3) is 0 Å². The normalized spacial score (nSPS) is 26.4. The quantitative estimate of drug-likeness (QED) is 0.795. The molecular weight excluding hydrogens is 214 g/mol. The van der Waals surface area contributed by atoms with Gasteiger partial charge < -0.3 is 5.11 Å². The lowest BCUT2D eigenvalue weighted by Crippen LogP contribution is -2.54. The Morgan fingerprint density at radius 3 is 2.00 bits per heavy atom. The van der Waals surface area contributed by atoms with Gasteiger partial charge in [0.15, 0.2) is 0 Å². The minimum atomic E-state index is -0.628. The number of aliphatic carboxylic acids is 1. The first kappa shape index (κ1) is 12.9. The van der Waals surface area contributed by atoms with Crippen LogP contribution in [0, 0.1) is 0 Å². The third kappa shape index (κ3) is 3.21. The molecule has 3 nitrogen and oxygen atoms in total. The third-order valence-corrected chi connectivity index (χ3v) is 4.45. The highest BCUT2D eigenvalue weighted by Crippen LogP contribution is 2.32. The van der Waals surface area contributed by atoms with Gasteiger partial charge in [-0.1, -0.05) is 44.9 Å². The van der Waals surface area contributed by atoms with Crippen molar-refractivity contribution in [2.45, 2.75) is 82.2 Å². The Bertz CT molecular complexity index is 251. The maximum atomic E-state index is 11.5. The van der Waals surface area contributed by atoms with E-state index < -0.39 is 11.5 Å². The van der Waals surface area contributed by atoms with Gasteiger partial charge >= 0.3 is 5.97 Å². The lowest BCUT2D eigenvalue weighted by molar-refractivity contribution is -0.145. The summed E-state index contributed by atoms with van der Waals surface area (Å²) in [6, 6.07) is 0.435. The van der Waals surface area contributed by atoms with Crippen LogP contribution >= 0.6 is 0 Å². The summed E-state index contributed by atoms with van der Waals surface area (Å²) in [5, 5.41) is 13.0. The molecule has 3 heteroatoms. The van der Waals surface area contributed by atoms with E-state index in [-0.39, 0.29) is 0 Å². The molecule has 0 heterocycles. The van der Waals surface area contributed by atoms with Crippen LogP contribution in [0.5, 0.6) is 0 Å². The summed E-state index contributed by atoms with van der Waals surface area (Å²) in [6.07, 6.45) is 12.6. The molecule has 98 valence electrons. The van der Waals surface area contributed by atoms with Gasteiger partial charge in [0.1, 0.15) is 5.54 Å². The second kappa shape index (κ2) is 5.85. The standard InChI is InChI=1S/C14H25NO2/c16-13(17)14(10-6-7-11-14)15-12-8-4-2-1-3-5-9-12/h12,15H,1-11H2,(H,16,17). The monoisotopic (exact) mass is 239 g/mol. The molecule has 17 heavy (non-hydrogen) atoms. The molecule has 0 aromatic rings. The van der Waals surface area contributed by atoms with Crippen LogP contribution in [0.15, 0.2) is 0 Å². The van der Waals surface area contributed by atoms with Crippen LogP contribution < -0.4 is 5.32 Å². The third-order valence-electron chi connectivity index (χ3n) is 4.45. The van der Waals surface area contributed by atoms with Gasteiger partial charge in [-0.2, -0.15) is 0 Å². The smallest absolute Gasteiger partial charge is 0.323 e. The fraction of sp³-hybridized carbons (Fsp3) is 0.929. The van der Waals surface area contributed by atoms with Crippen molar-refractivity contribution in [2.75, 3.05) is 0 Å². The maximum Gasteiger partial charge on any atom is 0.323 e. The van der Waals surface area contributed by atoms with Crippen LogP contribution in [0.25, 0.3) is 0 Å². The molecule has 0 aliphatic heterocycles. The van der Waals surface area contributed by atoms with Gasteiger partial charge in [0.2, 0.25) is 0 Å². The average molecular weight is 239 g/mol. The van der Waals surface area contributed by atoms with Crippen molar-refractivity contribution in [3.05, 3.63) is 0 Å². The molecule has 0 bridgehead atoms. The number of carboxylic acid groups (broad SMARTS) is 1. The summed E-state index contributed by atoms with van der Waals surface area (Å²) in [5.74, 6) is -0.628. The Morgan fingerprint density at radius 2 is 1.47 bits per heavy atom. The first-order valence-electron chi connectivity index (χ1n) is 7.24. The van der Waals surface area contributed by atoms with E-state index in [0.717, 1.165) is 38.5 Å². The molecule has 0 aromatic heterocycles. The summed E-state index contributed by atoms with van der Waals surface area (Å²) < 4.78 is 0. The number of carbonyl (C=O) groups is 1. The fourth-order valence-electron chi connectivity index (χ4n) is 3.39. The van der Waals surface area contributed by atoms with Gasteiger partial charge in [0, 0.05) is 6.04 Å². The molecule has 0 aromatic carbocycles. The van der Waals surface area contributed by atoms with Crippen molar-refractivity contribution in [1.29, 1.82) is 0 Å². The highest BCUT2D eigenvalue weighted by atomic mass is 16.4. The van der Waals surface area contributed by atoms with Crippen LogP contribution in [-0.2, 0) is 4.79 Å². The zero-order chi connectivity index (χ0) is 12.1. The van der Waals surface area contributed by atoms with Crippen LogP contribution in [0.1, 0.15) is 70.6 Å². The van der Waals surface area contributed by atoms with Crippen molar-refractivity contribution in [1.82, 2.24) is 5.32 Å². The Morgan fingerprint density at radius 1 is 0.941 bits per heavy atom. The largest absolute Gasteiger partial charge is 0.480 e. The molecule has 0 amide bonds. The summed E-state index contributed by atoms with van der Waals surface area (Å²) >= 11 is 0. The number of nitrogens with one attached hydrogen (secondary N) is 1. The Labute approximate surface area is 104 Å². The van der Waals surface area contributed by atoms with Crippen molar-refractivity contribution in [2.24, 2.45) is 0 Å². The van der Waals surface area contributed by atoms with E-state index in [9.17, 15) is 9.90 Å². The molecule has 2 N–H and O–H groups in total. The Kier molecular flexibility index (Phi) is 4.43.